The van der Waals surface area contributed by atoms with Crippen molar-refractivity contribution >= 4 is 11.6 Å². The van der Waals surface area contributed by atoms with Crippen molar-refractivity contribution in [2.75, 3.05) is 5.32 Å². The highest BCUT2D eigenvalue weighted by Crippen LogP contribution is 2.24. The molecule has 0 aromatic heterocycles. The second-order valence-electron chi connectivity index (χ2n) is 7.35. The van der Waals surface area contributed by atoms with Gasteiger partial charge in [-0.2, -0.15) is 0 Å². The van der Waals surface area contributed by atoms with E-state index in [0.29, 0.717) is 0 Å². The number of nitrogens with one attached hydrogen (secondary N) is 1. The van der Waals surface area contributed by atoms with E-state index in [0.717, 1.165) is 17.0 Å². The highest BCUT2D eigenvalue weighted by Gasteiger charge is 2.17. The molecule has 0 radical (unpaired) electrons. The van der Waals surface area contributed by atoms with Crippen molar-refractivity contribution < 1.29 is 9.53 Å². The van der Waals surface area contributed by atoms with Crippen molar-refractivity contribution in [2.24, 2.45) is 0 Å². The Balaban J connectivity index is 2.01. The Morgan fingerprint density at radius 3 is 2.21 bits per heavy atom. The van der Waals surface area contributed by atoms with E-state index in [-0.39, 0.29) is 11.3 Å². The molecule has 2 aromatic rings. The fourth-order valence-electron chi connectivity index (χ4n) is 2.47. The predicted octanol–water partition coefficient (Wildman–Crippen LogP) is 5.01. The molecule has 0 heterocycles. The molecule has 0 saturated heterocycles. The van der Waals surface area contributed by atoms with Gasteiger partial charge in [0.2, 0.25) is 0 Å². The van der Waals surface area contributed by atoms with E-state index in [1.807, 2.05) is 56.3 Å². The molecule has 0 aliphatic carbocycles. The Bertz CT molecular complexity index is 712. The zero-order valence-corrected chi connectivity index (χ0v) is 15.4. The molecule has 0 aliphatic heterocycles. The van der Waals surface area contributed by atoms with Gasteiger partial charge in [0.05, 0.1) is 0 Å². The maximum Gasteiger partial charge on any atom is 0.265 e. The van der Waals surface area contributed by atoms with Crippen LogP contribution in [0.1, 0.15) is 44.4 Å². The van der Waals surface area contributed by atoms with E-state index in [1.165, 1.54) is 11.1 Å². The SMILES string of the molecule is Cc1ccc(OC(C)C(=O)Nc2ccc(C(C)(C)C)cc2)c(C)c1. The van der Waals surface area contributed by atoms with Crippen molar-refractivity contribution in [2.45, 2.75) is 53.1 Å². The molecule has 128 valence electrons. The third kappa shape index (κ3) is 4.60. The highest BCUT2D eigenvalue weighted by atomic mass is 16.5. The van der Waals surface area contributed by atoms with E-state index in [4.69, 9.17) is 4.74 Å². The molecular formula is C21H27NO2. The van der Waals surface area contributed by atoms with Crippen molar-refractivity contribution in [1.29, 1.82) is 0 Å². The number of hydrogen-bond donors (Lipinski definition) is 1. The molecule has 2 aromatic carbocycles. The number of hydrogen-bond acceptors (Lipinski definition) is 2. The van der Waals surface area contributed by atoms with Gasteiger partial charge in [0.1, 0.15) is 5.75 Å². The minimum atomic E-state index is -0.561. The average Bonchev–Trinajstić information content (AvgIpc) is 2.49. The summed E-state index contributed by atoms with van der Waals surface area (Å²) in [4.78, 5) is 12.3. The second kappa shape index (κ2) is 7.08. The molecule has 3 nitrogen and oxygen atoms in total. The van der Waals surface area contributed by atoms with Gasteiger partial charge in [0.15, 0.2) is 6.10 Å². The first-order chi connectivity index (χ1) is 11.2. The number of benzene rings is 2. The van der Waals surface area contributed by atoms with E-state index < -0.39 is 6.10 Å². The predicted molar refractivity (Wildman–Crippen MR) is 99.8 cm³/mol. The van der Waals surface area contributed by atoms with Crippen LogP contribution in [0.5, 0.6) is 5.75 Å². The summed E-state index contributed by atoms with van der Waals surface area (Å²) in [6, 6.07) is 13.9. The van der Waals surface area contributed by atoms with Gasteiger partial charge in [-0.3, -0.25) is 4.79 Å². The third-order valence-electron chi connectivity index (χ3n) is 4.02. The number of amides is 1. The Hall–Kier alpha value is -2.29. The zero-order chi connectivity index (χ0) is 17.9. The molecule has 0 bridgehead atoms. The van der Waals surface area contributed by atoms with Gasteiger partial charge >= 0.3 is 0 Å². The number of carbonyl (C=O) groups excluding carboxylic acids is 1. The van der Waals surface area contributed by atoms with Crippen molar-refractivity contribution in [3.8, 4) is 5.75 Å². The summed E-state index contributed by atoms with van der Waals surface area (Å²) >= 11 is 0. The van der Waals surface area contributed by atoms with Gasteiger partial charge in [-0.05, 0) is 55.5 Å². The second-order valence-corrected chi connectivity index (χ2v) is 7.35. The van der Waals surface area contributed by atoms with Crippen molar-refractivity contribution in [3.63, 3.8) is 0 Å². The van der Waals surface area contributed by atoms with E-state index >= 15 is 0 Å². The molecule has 0 fully saturated rings. The van der Waals surface area contributed by atoms with Gasteiger partial charge in [-0.15, -0.1) is 0 Å². The fraction of sp³-hybridized carbons (Fsp3) is 0.381. The lowest BCUT2D eigenvalue weighted by atomic mass is 9.87. The van der Waals surface area contributed by atoms with E-state index in [1.54, 1.807) is 6.92 Å². The first-order valence-corrected chi connectivity index (χ1v) is 8.32. The number of ether oxygens (including phenoxy) is 1. The van der Waals surface area contributed by atoms with Gasteiger partial charge < -0.3 is 10.1 Å². The molecule has 0 spiro atoms. The number of rotatable bonds is 4. The van der Waals surface area contributed by atoms with Gasteiger partial charge in [-0.25, -0.2) is 0 Å². The number of anilines is 1. The summed E-state index contributed by atoms with van der Waals surface area (Å²) in [7, 11) is 0. The van der Waals surface area contributed by atoms with Crippen LogP contribution in [0.15, 0.2) is 42.5 Å². The lowest BCUT2D eigenvalue weighted by Crippen LogP contribution is -2.30. The van der Waals surface area contributed by atoms with Crippen LogP contribution in [0.4, 0.5) is 5.69 Å². The minimum Gasteiger partial charge on any atom is -0.481 e. The lowest BCUT2D eigenvalue weighted by Gasteiger charge is -2.20. The summed E-state index contributed by atoms with van der Waals surface area (Å²) < 4.78 is 5.80. The molecule has 1 amide bonds. The molecule has 1 unspecified atom stereocenters. The topological polar surface area (TPSA) is 38.3 Å². The first-order valence-electron chi connectivity index (χ1n) is 8.32. The van der Waals surface area contributed by atoms with Crippen LogP contribution in [0.25, 0.3) is 0 Å². The first kappa shape index (κ1) is 18.1. The van der Waals surface area contributed by atoms with Gasteiger partial charge in [-0.1, -0.05) is 50.6 Å². The molecule has 3 heteroatoms. The van der Waals surface area contributed by atoms with Crippen LogP contribution in [0.3, 0.4) is 0 Å². The Morgan fingerprint density at radius 1 is 1.04 bits per heavy atom. The van der Waals surface area contributed by atoms with Crippen LogP contribution in [-0.4, -0.2) is 12.0 Å². The van der Waals surface area contributed by atoms with Crippen LogP contribution in [0.2, 0.25) is 0 Å². The quantitative estimate of drug-likeness (QED) is 0.858. The Morgan fingerprint density at radius 2 is 1.67 bits per heavy atom. The van der Waals surface area contributed by atoms with Crippen LogP contribution in [-0.2, 0) is 10.2 Å². The summed E-state index contributed by atoms with van der Waals surface area (Å²) in [5, 5.41) is 2.91. The molecule has 0 aliphatic rings. The van der Waals surface area contributed by atoms with Crippen molar-refractivity contribution in [1.82, 2.24) is 0 Å². The average molecular weight is 325 g/mol. The molecule has 1 atom stereocenters. The summed E-state index contributed by atoms with van der Waals surface area (Å²) in [6.07, 6.45) is -0.561. The summed E-state index contributed by atoms with van der Waals surface area (Å²) in [5.41, 5.74) is 4.33. The maximum absolute atomic E-state index is 12.3. The van der Waals surface area contributed by atoms with Gasteiger partial charge in [0, 0.05) is 5.69 Å². The third-order valence-corrected chi connectivity index (χ3v) is 4.02. The van der Waals surface area contributed by atoms with Crippen molar-refractivity contribution in [3.05, 3.63) is 59.2 Å². The largest absolute Gasteiger partial charge is 0.481 e. The molecule has 24 heavy (non-hydrogen) atoms. The Labute approximate surface area is 145 Å². The molecule has 0 saturated carbocycles. The van der Waals surface area contributed by atoms with Crippen LogP contribution >= 0.6 is 0 Å². The van der Waals surface area contributed by atoms with Crippen LogP contribution in [0, 0.1) is 13.8 Å². The monoisotopic (exact) mass is 325 g/mol. The summed E-state index contributed by atoms with van der Waals surface area (Å²) in [5.74, 6) is 0.588. The molecular weight excluding hydrogens is 298 g/mol. The number of carbonyl (C=O) groups is 1. The molecule has 1 N–H and O–H groups in total. The maximum atomic E-state index is 12.3. The normalized spacial score (nSPS) is 12.6. The van der Waals surface area contributed by atoms with Gasteiger partial charge in [0.25, 0.3) is 5.91 Å². The van der Waals surface area contributed by atoms with E-state index in [2.05, 4.69) is 26.1 Å². The minimum absolute atomic E-state index is 0.0991. The highest BCUT2D eigenvalue weighted by molar-refractivity contribution is 5.94. The summed E-state index contributed by atoms with van der Waals surface area (Å²) in [6.45, 7) is 12.3. The van der Waals surface area contributed by atoms with E-state index in [9.17, 15) is 4.79 Å². The molecule has 2 rings (SSSR count). The fourth-order valence-corrected chi connectivity index (χ4v) is 2.47. The smallest absolute Gasteiger partial charge is 0.265 e. The van der Waals surface area contributed by atoms with Crippen LogP contribution < -0.4 is 10.1 Å². The lowest BCUT2D eigenvalue weighted by molar-refractivity contribution is -0.122. The Kier molecular flexibility index (Phi) is 5.33. The standard InChI is InChI=1S/C21H27NO2/c1-14-7-12-19(15(2)13-14)24-16(3)20(23)22-18-10-8-17(9-11-18)21(4,5)6/h7-13,16H,1-6H3,(H,22,23). The number of aryl methyl sites for hydroxylation is 2. The zero-order valence-electron chi connectivity index (χ0n) is 15.4.